The average Bonchev–Trinajstić information content (AvgIpc) is 2.90. The molecule has 136 valence electrons. The van der Waals surface area contributed by atoms with E-state index in [0.29, 0.717) is 12.1 Å². The molecule has 0 radical (unpaired) electrons. The summed E-state index contributed by atoms with van der Waals surface area (Å²) in [7, 11) is -4.59. The Morgan fingerprint density at radius 1 is 1.28 bits per heavy atom. The predicted molar refractivity (Wildman–Crippen MR) is 76.1 cm³/mol. The lowest BCUT2D eigenvalue weighted by atomic mass is 10.1. The zero-order chi connectivity index (χ0) is 19.0. The number of alkyl halides is 3. The fourth-order valence-electron chi connectivity index (χ4n) is 1.91. The highest BCUT2D eigenvalue weighted by Gasteiger charge is 2.40. The predicted octanol–water partition coefficient (Wildman–Crippen LogP) is 2.58. The first-order valence-corrected chi connectivity index (χ1v) is 8.36. The molecule has 0 aliphatic heterocycles. The van der Waals surface area contributed by atoms with Gasteiger partial charge in [-0.2, -0.15) is 13.2 Å². The normalized spacial score (nSPS) is 12.2. The van der Waals surface area contributed by atoms with Crippen LogP contribution in [0.25, 0.3) is 0 Å². The van der Waals surface area contributed by atoms with Gasteiger partial charge in [0.2, 0.25) is 5.89 Å². The van der Waals surface area contributed by atoms with Crippen molar-refractivity contribution in [3.8, 4) is 0 Å². The van der Waals surface area contributed by atoms with Gasteiger partial charge in [0.25, 0.3) is 5.91 Å². The van der Waals surface area contributed by atoms with Crippen LogP contribution in [0, 0.1) is 12.7 Å². The number of hydrogen-bond acceptors (Lipinski definition) is 6. The largest absolute Gasteiger partial charge is 0.417 e. The molecule has 2 aromatic rings. The number of sulfone groups is 1. The minimum atomic E-state index is -5.11. The summed E-state index contributed by atoms with van der Waals surface area (Å²) in [6.45, 7) is 2.47. The number of rotatable bonds is 4. The SMILES string of the molecule is CCS(=O)(=O)c1c(C(F)(F)F)ccc(C(=O)Nc2nnc(C)o2)c1F. The molecule has 1 amide bonds. The van der Waals surface area contributed by atoms with Gasteiger partial charge in [-0.15, -0.1) is 5.10 Å². The molecular formula is C13H11F4N3O4S. The number of nitrogens with zero attached hydrogens (tertiary/aromatic N) is 2. The molecular weight excluding hydrogens is 370 g/mol. The van der Waals surface area contributed by atoms with E-state index >= 15 is 0 Å². The van der Waals surface area contributed by atoms with Crippen molar-refractivity contribution in [2.75, 3.05) is 11.1 Å². The second-order valence-corrected chi connectivity index (χ2v) is 7.00. The van der Waals surface area contributed by atoms with Crippen molar-refractivity contribution in [2.45, 2.75) is 24.9 Å². The van der Waals surface area contributed by atoms with Crippen LogP contribution in [0.2, 0.25) is 0 Å². The van der Waals surface area contributed by atoms with Crippen LogP contribution >= 0.6 is 0 Å². The maximum Gasteiger partial charge on any atom is 0.417 e. The van der Waals surface area contributed by atoms with E-state index in [0.717, 1.165) is 6.92 Å². The quantitative estimate of drug-likeness (QED) is 0.817. The lowest BCUT2D eigenvalue weighted by Gasteiger charge is -2.15. The van der Waals surface area contributed by atoms with Crippen LogP contribution < -0.4 is 5.32 Å². The fourth-order valence-corrected chi connectivity index (χ4v) is 3.11. The number of anilines is 1. The van der Waals surface area contributed by atoms with Crippen LogP contribution in [0.3, 0.4) is 0 Å². The summed E-state index contributed by atoms with van der Waals surface area (Å²) in [5.74, 6) is -3.73. The molecule has 0 unspecified atom stereocenters. The summed E-state index contributed by atoms with van der Waals surface area (Å²) in [6.07, 6.45) is -5.11. The number of amides is 1. The molecule has 7 nitrogen and oxygen atoms in total. The van der Waals surface area contributed by atoms with Crippen molar-refractivity contribution in [3.05, 3.63) is 35.0 Å². The molecule has 0 spiro atoms. The zero-order valence-corrected chi connectivity index (χ0v) is 13.6. The first kappa shape index (κ1) is 18.8. The first-order chi connectivity index (χ1) is 11.5. The second kappa shape index (κ2) is 6.43. The molecule has 1 heterocycles. The van der Waals surface area contributed by atoms with Crippen molar-refractivity contribution >= 4 is 21.8 Å². The maximum atomic E-state index is 14.5. The van der Waals surface area contributed by atoms with E-state index in [1.165, 1.54) is 6.92 Å². The molecule has 0 saturated heterocycles. The Morgan fingerprint density at radius 3 is 2.40 bits per heavy atom. The van der Waals surface area contributed by atoms with Crippen molar-refractivity contribution < 1.29 is 35.2 Å². The Hall–Kier alpha value is -2.50. The van der Waals surface area contributed by atoms with Crippen LogP contribution in [-0.2, 0) is 16.0 Å². The Labute approximate surface area is 139 Å². The van der Waals surface area contributed by atoms with E-state index in [2.05, 4.69) is 10.2 Å². The number of nitrogens with one attached hydrogen (secondary N) is 1. The number of carbonyl (C=O) groups is 1. The van der Waals surface area contributed by atoms with Crippen molar-refractivity contribution in [1.82, 2.24) is 10.2 Å². The third kappa shape index (κ3) is 3.78. The van der Waals surface area contributed by atoms with Gasteiger partial charge in [0.15, 0.2) is 15.7 Å². The minimum absolute atomic E-state index is 0.0810. The van der Waals surface area contributed by atoms with Crippen LogP contribution in [-0.4, -0.2) is 30.3 Å². The van der Waals surface area contributed by atoms with Gasteiger partial charge in [0.1, 0.15) is 4.90 Å². The minimum Gasteiger partial charge on any atom is -0.408 e. The van der Waals surface area contributed by atoms with Gasteiger partial charge < -0.3 is 4.42 Å². The van der Waals surface area contributed by atoms with Gasteiger partial charge in [0.05, 0.1) is 16.9 Å². The van der Waals surface area contributed by atoms with Crippen LogP contribution in [0.5, 0.6) is 0 Å². The van der Waals surface area contributed by atoms with E-state index in [-0.39, 0.29) is 5.89 Å². The number of benzene rings is 1. The Balaban J connectivity index is 2.58. The number of hydrogen-bond donors (Lipinski definition) is 1. The molecule has 1 N–H and O–H groups in total. The molecule has 1 aromatic heterocycles. The number of halogens is 4. The molecule has 0 atom stereocenters. The summed E-state index contributed by atoms with van der Waals surface area (Å²) >= 11 is 0. The lowest BCUT2D eigenvalue weighted by molar-refractivity contribution is -0.140. The van der Waals surface area contributed by atoms with Crippen LogP contribution in [0.4, 0.5) is 23.6 Å². The van der Waals surface area contributed by atoms with E-state index < -0.39 is 55.5 Å². The van der Waals surface area contributed by atoms with E-state index in [1.807, 2.05) is 5.32 Å². The standard InChI is InChI=1S/C13H11F4N3O4S/c1-3-25(22,23)10-8(13(15,16)17)5-4-7(9(10)14)11(21)18-12-20-19-6(2)24-12/h4-5H,3H2,1-2H3,(H,18,20,21). The molecule has 0 fully saturated rings. The summed E-state index contributed by atoms with van der Waals surface area (Å²) in [4.78, 5) is 10.4. The number of carbonyl (C=O) groups excluding carboxylic acids is 1. The summed E-state index contributed by atoms with van der Waals surface area (Å²) < 4.78 is 82.2. The third-order valence-electron chi connectivity index (χ3n) is 3.08. The summed E-state index contributed by atoms with van der Waals surface area (Å²) in [5, 5.41) is 8.80. The van der Waals surface area contributed by atoms with E-state index in [9.17, 15) is 30.8 Å². The smallest absolute Gasteiger partial charge is 0.408 e. The highest BCUT2D eigenvalue weighted by molar-refractivity contribution is 7.91. The van der Waals surface area contributed by atoms with Crippen LogP contribution in [0.1, 0.15) is 28.7 Å². The van der Waals surface area contributed by atoms with Crippen molar-refractivity contribution in [3.63, 3.8) is 0 Å². The number of aryl methyl sites for hydroxylation is 1. The van der Waals surface area contributed by atoms with Gasteiger partial charge in [-0.1, -0.05) is 12.0 Å². The zero-order valence-electron chi connectivity index (χ0n) is 12.8. The highest BCUT2D eigenvalue weighted by Crippen LogP contribution is 2.37. The van der Waals surface area contributed by atoms with Gasteiger partial charge in [-0.25, -0.2) is 12.8 Å². The second-order valence-electron chi connectivity index (χ2n) is 4.79. The molecule has 0 saturated carbocycles. The van der Waals surface area contributed by atoms with Crippen molar-refractivity contribution in [2.24, 2.45) is 0 Å². The fraction of sp³-hybridized carbons (Fsp3) is 0.308. The Morgan fingerprint density at radius 2 is 1.92 bits per heavy atom. The highest BCUT2D eigenvalue weighted by atomic mass is 32.2. The summed E-state index contributed by atoms with van der Waals surface area (Å²) in [6, 6.07) is 0.451. The average molecular weight is 381 g/mol. The molecule has 25 heavy (non-hydrogen) atoms. The van der Waals surface area contributed by atoms with Gasteiger partial charge >= 0.3 is 12.2 Å². The van der Waals surface area contributed by atoms with Crippen molar-refractivity contribution in [1.29, 1.82) is 0 Å². The van der Waals surface area contributed by atoms with E-state index in [1.54, 1.807) is 0 Å². The molecule has 1 aromatic carbocycles. The molecule has 2 rings (SSSR count). The monoisotopic (exact) mass is 381 g/mol. The first-order valence-electron chi connectivity index (χ1n) is 6.71. The summed E-state index contributed by atoms with van der Waals surface area (Å²) in [5.41, 5.74) is -2.59. The Bertz CT molecular complexity index is 922. The topological polar surface area (TPSA) is 102 Å². The lowest BCUT2D eigenvalue weighted by Crippen LogP contribution is -2.21. The van der Waals surface area contributed by atoms with Gasteiger partial charge in [-0.05, 0) is 12.1 Å². The van der Waals surface area contributed by atoms with Gasteiger partial charge in [0, 0.05) is 6.92 Å². The van der Waals surface area contributed by atoms with E-state index in [4.69, 9.17) is 4.42 Å². The Kier molecular flexibility index (Phi) is 4.84. The maximum absolute atomic E-state index is 14.5. The van der Waals surface area contributed by atoms with Gasteiger partial charge in [-0.3, -0.25) is 10.1 Å². The van der Waals surface area contributed by atoms with Crippen LogP contribution in [0.15, 0.2) is 21.4 Å². The molecule has 0 bridgehead atoms. The molecule has 12 heteroatoms. The number of aromatic nitrogens is 2. The molecule has 0 aliphatic carbocycles. The molecule has 0 aliphatic rings. The third-order valence-corrected chi connectivity index (χ3v) is 4.87.